The van der Waals surface area contributed by atoms with Crippen molar-refractivity contribution in [3.8, 4) is 5.75 Å². The number of carbonyl (C=O) groups excluding carboxylic acids is 1. The fraction of sp³-hybridized carbons (Fsp3) is 0.208. The number of halogens is 3. The van der Waals surface area contributed by atoms with E-state index >= 15 is 0 Å². The largest absolute Gasteiger partial charge is 0.497 e. The number of hydrogen-bond acceptors (Lipinski definition) is 4. The van der Waals surface area contributed by atoms with Gasteiger partial charge in [0, 0.05) is 27.1 Å². The van der Waals surface area contributed by atoms with Gasteiger partial charge in [-0.25, -0.2) is 0 Å². The number of methoxy groups -OCH3 is 1. The molecule has 0 spiro atoms. The molecular formula is C24H20Cl3N3O2. The third kappa shape index (κ3) is 5.07. The van der Waals surface area contributed by atoms with Gasteiger partial charge in [0.25, 0.3) is 5.91 Å². The van der Waals surface area contributed by atoms with Crippen LogP contribution in [0.3, 0.4) is 0 Å². The standard InChI is InChI=1S/C24H20Cl3N3O2/c1-32-18-9-4-14(5-10-18)21-13-22(30-29-21)23(19-11-8-17(26)12-20(19)27)28-24(31)15-2-6-16(25)7-3-15/h2-12,21-23H,13H2,1H3,(H,28,31). The fourth-order valence-corrected chi connectivity index (χ4v) is 4.33. The highest BCUT2D eigenvalue weighted by Crippen LogP contribution is 2.39. The number of nitrogens with zero attached hydrogens (tertiary/aromatic N) is 2. The van der Waals surface area contributed by atoms with Crippen LogP contribution in [0.1, 0.15) is 40.0 Å². The van der Waals surface area contributed by atoms with E-state index in [9.17, 15) is 4.79 Å². The Balaban J connectivity index is 1.59. The van der Waals surface area contributed by atoms with Gasteiger partial charge in [0.1, 0.15) is 5.75 Å². The second-order valence-electron chi connectivity index (χ2n) is 7.45. The van der Waals surface area contributed by atoms with Gasteiger partial charge in [-0.3, -0.25) is 4.79 Å². The number of carbonyl (C=O) groups is 1. The number of benzene rings is 3. The van der Waals surface area contributed by atoms with Crippen LogP contribution in [-0.2, 0) is 0 Å². The predicted molar refractivity (Wildman–Crippen MR) is 127 cm³/mol. The summed E-state index contributed by atoms with van der Waals surface area (Å²) >= 11 is 18.5. The molecule has 0 fully saturated rings. The minimum absolute atomic E-state index is 0.119. The molecule has 164 valence electrons. The van der Waals surface area contributed by atoms with Crippen molar-refractivity contribution in [1.82, 2.24) is 5.32 Å². The van der Waals surface area contributed by atoms with Crippen molar-refractivity contribution in [2.24, 2.45) is 10.2 Å². The summed E-state index contributed by atoms with van der Waals surface area (Å²) in [6.45, 7) is 0. The SMILES string of the molecule is COc1ccc(C2CC(C(NC(=O)c3ccc(Cl)cc3)c3ccc(Cl)cc3Cl)N=N2)cc1. The molecule has 0 bridgehead atoms. The molecule has 1 N–H and O–H groups in total. The lowest BCUT2D eigenvalue weighted by atomic mass is 9.93. The molecule has 0 aromatic heterocycles. The summed E-state index contributed by atoms with van der Waals surface area (Å²) in [5, 5.41) is 13.6. The van der Waals surface area contributed by atoms with Crippen LogP contribution in [0.4, 0.5) is 0 Å². The van der Waals surface area contributed by atoms with Crippen molar-refractivity contribution in [2.75, 3.05) is 7.11 Å². The lowest BCUT2D eigenvalue weighted by Gasteiger charge is -2.24. The van der Waals surface area contributed by atoms with Gasteiger partial charge in [0.05, 0.1) is 25.2 Å². The average molecular weight is 489 g/mol. The molecule has 0 saturated heterocycles. The molecule has 8 heteroatoms. The third-order valence-corrected chi connectivity index (χ3v) is 6.21. The smallest absolute Gasteiger partial charge is 0.251 e. The zero-order valence-corrected chi connectivity index (χ0v) is 19.4. The summed E-state index contributed by atoms with van der Waals surface area (Å²) in [6.07, 6.45) is 0.622. The summed E-state index contributed by atoms with van der Waals surface area (Å²) in [5.74, 6) is 0.530. The number of nitrogens with one attached hydrogen (secondary N) is 1. The van der Waals surface area contributed by atoms with Gasteiger partial charge in [-0.1, -0.05) is 53.0 Å². The van der Waals surface area contributed by atoms with E-state index in [0.717, 1.165) is 16.9 Å². The highest BCUT2D eigenvalue weighted by molar-refractivity contribution is 6.35. The maximum absolute atomic E-state index is 13.0. The molecule has 4 rings (SSSR count). The summed E-state index contributed by atoms with van der Waals surface area (Å²) in [7, 11) is 1.63. The number of ether oxygens (including phenoxy) is 1. The van der Waals surface area contributed by atoms with Gasteiger partial charge in [-0.05, 0) is 59.7 Å². The normalized spacial score (nSPS) is 18.4. The van der Waals surface area contributed by atoms with E-state index in [1.807, 2.05) is 30.3 Å². The minimum atomic E-state index is -0.477. The lowest BCUT2D eigenvalue weighted by Crippen LogP contribution is -2.35. The first-order chi connectivity index (χ1) is 15.4. The van der Waals surface area contributed by atoms with Gasteiger partial charge in [0.15, 0.2) is 0 Å². The van der Waals surface area contributed by atoms with Crippen LogP contribution in [0.5, 0.6) is 5.75 Å². The Bertz CT molecular complexity index is 1130. The van der Waals surface area contributed by atoms with Crippen LogP contribution in [0.25, 0.3) is 0 Å². The average Bonchev–Trinajstić information content (AvgIpc) is 3.28. The van der Waals surface area contributed by atoms with Gasteiger partial charge in [-0.2, -0.15) is 10.2 Å². The topological polar surface area (TPSA) is 63.0 Å². The summed E-state index contributed by atoms with van der Waals surface area (Å²) in [6, 6.07) is 18.8. The highest BCUT2D eigenvalue weighted by Gasteiger charge is 2.33. The Labute approximate surface area is 201 Å². The van der Waals surface area contributed by atoms with Gasteiger partial charge in [-0.15, -0.1) is 0 Å². The van der Waals surface area contributed by atoms with Crippen molar-refractivity contribution in [3.63, 3.8) is 0 Å². The third-order valence-electron chi connectivity index (χ3n) is 5.40. The molecule has 3 unspecified atom stereocenters. The first kappa shape index (κ1) is 22.6. The molecule has 3 aromatic carbocycles. The van der Waals surface area contributed by atoms with Crippen molar-refractivity contribution >= 4 is 40.7 Å². The van der Waals surface area contributed by atoms with Crippen LogP contribution in [0, 0.1) is 0 Å². The molecule has 1 aliphatic rings. The van der Waals surface area contributed by atoms with E-state index in [1.165, 1.54) is 0 Å². The molecule has 3 atom stereocenters. The zero-order valence-electron chi connectivity index (χ0n) is 17.1. The van der Waals surface area contributed by atoms with Gasteiger partial charge in [0.2, 0.25) is 0 Å². The van der Waals surface area contributed by atoms with Crippen LogP contribution in [0.15, 0.2) is 77.0 Å². The maximum atomic E-state index is 13.0. The van der Waals surface area contributed by atoms with E-state index in [-0.39, 0.29) is 18.0 Å². The van der Waals surface area contributed by atoms with Crippen molar-refractivity contribution in [3.05, 3.63) is 98.5 Å². The molecule has 0 aliphatic carbocycles. The van der Waals surface area contributed by atoms with Crippen LogP contribution in [0.2, 0.25) is 15.1 Å². The van der Waals surface area contributed by atoms with Crippen molar-refractivity contribution in [1.29, 1.82) is 0 Å². The van der Waals surface area contributed by atoms with Crippen molar-refractivity contribution < 1.29 is 9.53 Å². The van der Waals surface area contributed by atoms with E-state index in [0.29, 0.717) is 27.1 Å². The van der Waals surface area contributed by atoms with E-state index in [2.05, 4.69) is 15.5 Å². The summed E-state index contributed by atoms with van der Waals surface area (Å²) in [4.78, 5) is 13.0. The lowest BCUT2D eigenvalue weighted by molar-refractivity contribution is 0.0930. The number of azo groups is 1. The van der Waals surface area contributed by atoms with Gasteiger partial charge >= 0.3 is 0 Å². The molecule has 1 amide bonds. The first-order valence-corrected chi connectivity index (χ1v) is 11.1. The zero-order chi connectivity index (χ0) is 22.7. The first-order valence-electron chi connectivity index (χ1n) is 10.00. The molecule has 5 nitrogen and oxygen atoms in total. The second-order valence-corrected chi connectivity index (χ2v) is 8.73. The maximum Gasteiger partial charge on any atom is 0.251 e. The van der Waals surface area contributed by atoms with Crippen molar-refractivity contribution in [2.45, 2.75) is 24.5 Å². The molecular weight excluding hydrogens is 469 g/mol. The molecule has 0 saturated carbocycles. The number of hydrogen-bond donors (Lipinski definition) is 1. The van der Waals surface area contributed by atoms with Gasteiger partial charge < -0.3 is 10.1 Å². The number of amides is 1. The Morgan fingerprint density at radius 3 is 2.31 bits per heavy atom. The Kier molecular flexibility index (Phi) is 6.99. The van der Waals surface area contributed by atoms with E-state index in [4.69, 9.17) is 39.5 Å². The van der Waals surface area contributed by atoms with Crippen LogP contribution in [-0.4, -0.2) is 19.1 Å². The quantitative estimate of drug-likeness (QED) is 0.402. The Morgan fingerprint density at radius 1 is 0.969 bits per heavy atom. The second kappa shape index (κ2) is 9.90. The van der Waals surface area contributed by atoms with Crippen LogP contribution >= 0.6 is 34.8 Å². The Hall–Kier alpha value is -2.60. The molecule has 1 aliphatic heterocycles. The molecule has 1 heterocycles. The fourth-order valence-electron chi connectivity index (χ4n) is 3.68. The van der Waals surface area contributed by atoms with E-state index in [1.54, 1.807) is 43.5 Å². The predicted octanol–water partition coefficient (Wildman–Crippen LogP) is 7.09. The highest BCUT2D eigenvalue weighted by atomic mass is 35.5. The molecule has 32 heavy (non-hydrogen) atoms. The number of rotatable bonds is 6. The molecule has 3 aromatic rings. The van der Waals surface area contributed by atoms with Crippen LogP contribution < -0.4 is 10.1 Å². The summed E-state index contributed by atoms with van der Waals surface area (Å²) < 4.78 is 5.23. The Morgan fingerprint density at radius 2 is 1.66 bits per heavy atom. The minimum Gasteiger partial charge on any atom is -0.497 e. The van der Waals surface area contributed by atoms with E-state index < -0.39 is 6.04 Å². The molecule has 0 radical (unpaired) electrons. The summed E-state index contributed by atoms with van der Waals surface area (Å²) in [5.41, 5.74) is 2.26. The monoisotopic (exact) mass is 487 g/mol.